The number of aromatic nitrogens is 3. The summed E-state index contributed by atoms with van der Waals surface area (Å²) in [7, 11) is 2.08. The van der Waals surface area contributed by atoms with Crippen molar-refractivity contribution in [2.24, 2.45) is 0 Å². The molecule has 27 heavy (non-hydrogen) atoms. The van der Waals surface area contributed by atoms with Gasteiger partial charge in [-0.05, 0) is 31.3 Å². The van der Waals surface area contributed by atoms with E-state index in [1.165, 1.54) is 0 Å². The minimum atomic E-state index is 0.105. The minimum Gasteiger partial charge on any atom is -0.463 e. The van der Waals surface area contributed by atoms with Gasteiger partial charge in [0.25, 0.3) is 5.89 Å². The molecule has 1 fully saturated rings. The Balaban J connectivity index is 1.62. The molecule has 5 rings (SSSR count). The highest BCUT2D eigenvalue weighted by Gasteiger charge is 2.26. The molecule has 1 aromatic carbocycles. The summed E-state index contributed by atoms with van der Waals surface area (Å²) in [4.78, 5) is 11.7. The van der Waals surface area contributed by atoms with E-state index in [1.54, 1.807) is 6.26 Å². The van der Waals surface area contributed by atoms with Gasteiger partial charge in [-0.3, -0.25) is 4.90 Å². The fourth-order valence-corrected chi connectivity index (χ4v) is 3.48. The number of fused-ring (bicyclic) bond motifs is 1. The van der Waals surface area contributed by atoms with Gasteiger partial charge in [0.15, 0.2) is 11.6 Å². The maximum Gasteiger partial charge on any atom is 0.258 e. The molecule has 4 aromatic rings. The number of nitrogens with zero attached hydrogens (tertiary/aromatic N) is 4. The van der Waals surface area contributed by atoms with Crippen molar-refractivity contribution < 1.29 is 8.94 Å². The van der Waals surface area contributed by atoms with Crippen molar-refractivity contribution in [2.45, 2.75) is 6.04 Å². The first-order valence-electron chi connectivity index (χ1n) is 8.98. The van der Waals surface area contributed by atoms with Crippen LogP contribution in [0, 0.1) is 0 Å². The molecule has 0 aliphatic carbocycles. The van der Waals surface area contributed by atoms with Crippen molar-refractivity contribution >= 4 is 10.9 Å². The van der Waals surface area contributed by atoms with E-state index in [0.29, 0.717) is 17.5 Å². The summed E-state index contributed by atoms with van der Waals surface area (Å²) in [6.45, 7) is 2.73. The monoisotopic (exact) mass is 361 g/mol. The maximum atomic E-state index is 5.66. The molecule has 1 aliphatic rings. The van der Waals surface area contributed by atoms with Gasteiger partial charge in [0.1, 0.15) is 5.69 Å². The van der Waals surface area contributed by atoms with Crippen molar-refractivity contribution in [3.63, 3.8) is 0 Å². The SMILES string of the molecule is CN1CCNCC1c1noc(-c2cc(-c3ccco3)nc3ccccc23)n1. The van der Waals surface area contributed by atoms with Gasteiger partial charge >= 0.3 is 0 Å². The summed E-state index contributed by atoms with van der Waals surface area (Å²) < 4.78 is 11.2. The Hall–Kier alpha value is -3.03. The predicted octanol–water partition coefficient (Wildman–Crippen LogP) is 3.12. The highest BCUT2D eigenvalue weighted by molar-refractivity contribution is 5.94. The lowest BCUT2D eigenvalue weighted by Crippen LogP contribution is -2.44. The zero-order valence-corrected chi connectivity index (χ0v) is 14.9. The Morgan fingerprint density at radius 3 is 2.93 bits per heavy atom. The molecule has 1 N–H and O–H groups in total. The number of piperazine rings is 1. The van der Waals surface area contributed by atoms with Crippen molar-refractivity contribution in [1.82, 2.24) is 25.3 Å². The number of benzene rings is 1. The number of nitrogens with one attached hydrogen (secondary N) is 1. The van der Waals surface area contributed by atoms with Gasteiger partial charge < -0.3 is 14.3 Å². The van der Waals surface area contributed by atoms with Crippen LogP contribution in [0.4, 0.5) is 0 Å². The van der Waals surface area contributed by atoms with Gasteiger partial charge in [-0.1, -0.05) is 23.4 Å². The Morgan fingerprint density at radius 2 is 2.07 bits per heavy atom. The van der Waals surface area contributed by atoms with Gasteiger partial charge in [0.2, 0.25) is 0 Å². The molecule has 0 spiro atoms. The third-order valence-electron chi connectivity index (χ3n) is 4.97. The van der Waals surface area contributed by atoms with E-state index in [-0.39, 0.29) is 6.04 Å². The summed E-state index contributed by atoms with van der Waals surface area (Å²) in [6.07, 6.45) is 1.64. The van der Waals surface area contributed by atoms with Gasteiger partial charge in [0, 0.05) is 25.0 Å². The number of rotatable bonds is 3. The minimum absolute atomic E-state index is 0.105. The van der Waals surface area contributed by atoms with E-state index in [1.807, 2.05) is 42.5 Å². The number of furan rings is 1. The van der Waals surface area contributed by atoms with Crippen LogP contribution in [-0.2, 0) is 0 Å². The van der Waals surface area contributed by atoms with Crippen LogP contribution in [0.15, 0.2) is 57.7 Å². The molecule has 4 heterocycles. The summed E-state index contributed by atoms with van der Waals surface area (Å²) in [5.74, 6) is 1.90. The quantitative estimate of drug-likeness (QED) is 0.600. The summed E-state index contributed by atoms with van der Waals surface area (Å²) in [5, 5.41) is 8.61. The van der Waals surface area contributed by atoms with Crippen LogP contribution < -0.4 is 5.32 Å². The first-order chi connectivity index (χ1) is 13.3. The molecule has 1 aliphatic heterocycles. The summed E-state index contributed by atoms with van der Waals surface area (Å²) >= 11 is 0. The second kappa shape index (κ2) is 6.61. The van der Waals surface area contributed by atoms with Crippen LogP contribution in [0.25, 0.3) is 33.8 Å². The number of hydrogen-bond acceptors (Lipinski definition) is 7. The fraction of sp³-hybridized carbons (Fsp3) is 0.250. The van der Waals surface area contributed by atoms with Crippen molar-refractivity contribution in [2.75, 3.05) is 26.7 Å². The van der Waals surface area contributed by atoms with E-state index in [0.717, 1.165) is 41.8 Å². The zero-order chi connectivity index (χ0) is 18.2. The second-order valence-electron chi connectivity index (χ2n) is 6.71. The van der Waals surface area contributed by atoms with Gasteiger partial charge in [-0.2, -0.15) is 4.98 Å². The molecule has 1 saturated heterocycles. The second-order valence-corrected chi connectivity index (χ2v) is 6.71. The standard InChI is InChI=1S/C20H19N5O2/c1-25-9-8-21-12-17(25)19-23-20(27-24-19)14-11-16(18-7-4-10-26-18)22-15-6-3-2-5-13(14)15/h2-7,10-11,17,21H,8-9,12H2,1H3. The van der Waals surface area contributed by atoms with E-state index in [9.17, 15) is 0 Å². The molecule has 136 valence electrons. The predicted molar refractivity (Wildman–Crippen MR) is 101 cm³/mol. The third kappa shape index (κ3) is 2.90. The molecule has 0 bridgehead atoms. The van der Waals surface area contributed by atoms with Gasteiger partial charge in [0.05, 0.1) is 23.4 Å². The molecule has 0 radical (unpaired) electrons. The fourth-order valence-electron chi connectivity index (χ4n) is 3.48. The molecule has 7 heteroatoms. The number of hydrogen-bond donors (Lipinski definition) is 1. The average Bonchev–Trinajstić information content (AvgIpc) is 3.40. The van der Waals surface area contributed by atoms with Crippen LogP contribution in [-0.4, -0.2) is 46.7 Å². The molecule has 0 saturated carbocycles. The number of pyridine rings is 1. The zero-order valence-electron chi connectivity index (χ0n) is 14.9. The Bertz CT molecular complexity index is 1070. The van der Waals surface area contributed by atoms with Gasteiger partial charge in [-0.15, -0.1) is 0 Å². The van der Waals surface area contributed by atoms with E-state index in [2.05, 4.69) is 22.4 Å². The van der Waals surface area contributed by atoms with Crippen LogP contribution in [0.2, 0.25) is 0 Å². The largest absolute Gasteiger partial charge is 0.463 e. The smallest absolute Gasteiger partial charge is 0.258 e. The molecule has 7 nitrogen and oxygen atoms in total. The lowest BCUT2D eigenvalue weighted by atomic mass is 10.1. The van der Waals surface area contributed by atoms with E-state index >= 15 is 0 Å². The Kier molecular flexibility index (Phi) is 3.95. The molecule has 1 unspecified atom stereocenters. The van der Waals surface area contributed by atoms with Crippen LogP contribution in [0.1, 0.15) is 11.9 Å². The van der Waals surface area contributed by atoms with Crippen LogP contribution >= 0.6 is 0 Å². The first kappa shape index (κ1) is 16.2. The highest BCUT2D eigenvalue weighted by atomic mass is 16.5. The lowest BCUT2D eigenvalue weighted by Gasteiger charge is -2.30. The molecule has 0 amide bonds. The summed E-state index contributed by atoms with van der Waals surface area (Å²) in [6, 6.07) is 13.7. The number of likely N-dealkylation sites (N-methyl/N-ethyl adjacent to an activating group) is 1. The van der Waals surface area contributed by atoms with Crippen LogP contribution in [0.5, 0.6) is 0 Å². The molecule has 3 aromatic heterocycles. The Morgan fingerprint density at radius 1 is 1.15 bits per heavy atom. The van der Waals surface area contributed by atoms with Crippen molar-refractivity contribution in [3.8, 4) is 22.9 Å². The normalized spacial score (nSPS) is 18.2. The lowest BCUT2D eigenvalue weighted by molar-refractivity contribution is 0.190. The van der Waals surface area contributed by atoms with Crippen molar-refractivity contribution in [3.05, 3.63) is 54.6 Å². The maximum absolute atomic E-state index is 5.66. The molecular formula is C20H19N5O2. The van der Waals surface area contributed by atoms with Crippen LogP contribution in [0.3, 0.4) is 0 Å². The third-order valence-corrected chi connectivity index (χ3v) is 4.97. The molecule has 1 atom stereocenters. The first-order valence-corrected chi connectivity index (χ1v) is 8.98. The van der Waals surface area contributed by atoms with Crippen molar-refractivity contribution in [1.29, 1.82) is 0 Å². The van der Waals surface area contributed by atoms with E-state index in [4.69, 9.17) is 18.9 Å². The average molecular weight is 361 g/mol. The molecular weight excluding hydrogens is 342 g/mol. The summed E-state index contributed by atoms with van der Waals surface area (Å²) in [5.41, 5.74) is 2.46. The van der Waals surface area contributed by atoms with E-state index < -0.39 is 0 Å². The number of para-hydroxylation sites is 1. The Labute approximate surface area is 156 Å². The highest BCUT2D eigenvalue weighted by Crippen LogP contribution is 2.32. The topological polar surface area (TPSA) is 80.2 Å². The van der Waals surface area contributed by atoms with Gasteiger partial charge in [-0.25, -0.2) is 4.98 Å².